The number of ether oxygens (including phenoxy) is 3. The maximum atomic E-state index is 11.7. The van der Waals surface area contributed by atoms with Gasteiger partial charge in [0, 0.05) is 12.2 Å². The van der Waals surface area contributed by atoms with E-state index in [1.807, 2.05) is 0 Å². The predicted molar refractivity (Wildman–Crippen MR) is 81.6 cm³/mol. The molecule has 8 nitrogen and oxygen atoms in total. The highest BCUT2D eigenvalue weighted by molar-refractivity contribution is 5.83. The Balaban J connectivity index is 2.91. The summed E-state index contributed by atoms with van der Waals surface area (Å²) in [4.78, 5) is 34.9. The van der Waals surface area contributed by atoms with Gasteiger partial charge in [-0.2, -0.15) is 0 Å². The van der Waals surface area contributed by atoms with Crippen LogP contribution in [0.2, 0.25) is 0 Å². The zero-order valence-electron chi connectivity index (χ0n) is 13.7. The molecule has 0 aromatic carbocycles. The molecule has 0 saturated heterocycles. The standard InChI is InChI=1S/C16H22O8/c1-9-8-16(21)24-11(3)13(18)5-7-15(20)23-10(2)12(17)4-6-14(19)22-9/h4-7,9-13,17-18H,8H2,1-3H3/b6-4+,7-5+/t9-,10+,11+,12+,13+/m1/s1. The minimum Gasteiger partial charge on any atom is -0.459 e. The van der Waals surface area contributed by atoms with Gasteiger partial charge in [-0.05, 0) is 32.9 Å². The number of aliphatic hydroxyl groups is 2. The second-order valence-electron chi connectivity index (χ2n) is 5.49. The van der Waals surface area contributed by atoms with E-state index in [1.54, 1.807) is 0 Å². The monoisotopic (exact) mass is 342 g/mol. The zero-order chi connectivity index (χ0) is 18.3. The Morgan fingerprint density at radius 1 is 0.833 bits per heavy atom. The van der Waals surface area contributed by atoms with E-state index in [0.717, 1.165) is 24.3 Å². The van der Waals surface area contributed by atoms with Crippen molar-refractivity contribution in [2.45, 2.75) is 57.7 Å². The van der Waals surface area contributed by atoms with Crippen molar-refractivity contribution in [3.05, 3.63) is 24.3 Å². The number of carbonyl (C=O) groups is 3. The fourth-order valence-corrected chi connectivity index (χ4v) is 1.80. The molecule has 2 N–H and O–H groups in total. The highest BCUT2D eigenvalue weighted by Gasteiger charge is 2.21. The minimum atomic E-state index is -1.22. The summed E-state index contributed by atoms with van der Waals surface area (Å²) < 4.78 is 14.9. The Morgan fingerprint density at radius 3 is 1.83 bits per heavy atom. The van der Waals surface area contributed by atoms with Crippen molar-refractivity contribution in [3.63, 3.8) is 0 Å². The minimum absolute atomic E-state index is 0.193. The number of cyclic esters (lactones) is 3. The fourth-order valence-electron chi connectivity index (χ4n) is 1.80. The van der Waals surface area contributed by atoms with Gasteiger partial charge >= 0.3 is 17.9 Å². The summed E-state index contributed by atoms with van der Waals surface area (Å²) in [6, 6.07) is 0. The zero-order valence-corrected chi connectivity index (χ0v) is 13.7. The van der Waals surface area contributed by atoms with Gasteiger partial charge in [0.25, 0.3) is 0 Å². The Morgan fingerprint density at radius 2 is 1.29 bits per heavy atom. The molecule has 5 atom stereocenters. The lowest BCUT2D eigenvalue weighted by molar-refractivity contribution is -0.157. The Bertz CT molecular complexity index is 524. The van der Waals surface area contributed by atoms with E-state index in [-0.39, 0.29) is 6.42 Å². The van der Waals surface area contributed by atoms with Gasteiger partial charge in [0.15, 0.2) is 0 Å². The van der Waals surface area contributed by atoms with Crippen LogP contribution in [0.5, 0.6) is 0 Å². The molecule has 0 aromatic heterocycles. The maximum Gasteiger partial charge on any atom is 0.330 e. The molecular formula is C16H22O8. The SMILES string of the molecule is C[C@@H]1CC(=O)O[C@@H](C)[C@@H](O)/C=C/C(=O)O[C@@H](C)[C@@H](O)/C=C/C(=O)O1. The number of hydrogen-bond acceptors (Lipinski definition) is 8. The number of carbonyl (C=O) groups excluding carboxylic acids is 3. The first-order valence-corrected chi connectivity index (χ1v) is 7.52. The second-order valence-corrected chi connectivity index (χ2v) is 5.49. The number of aliphatic hydroxyl groups excluding tert-OH is 2. The van der Waals surface area contributed by atoms with Gasteiger partial charge in [-0.25, -0.2) is 9.59 Å². The third-order valence-electron chi connectivity index (χ3n) is 3.21. The van der Waals surface area contributed by atoms with Crippen LogP contribution in [0.25, 0.3) is 0 Å². The van der Waals surface area contributed by atoms with Crippen molar-refractivity contribution >= 4 is 17.9 Å². The molecule has 24 heavy (non-hydrogen) atoms. The first-order chi connectivity index (χ1) is 11.2. The van der Waals surface area contributed by atoms with Crippen molar-refractivity contribution in [1.82, 2.24) is 0 Å². The van der Waals surface area contributed by atoms with Gasteiger partial charge in [-0.15, -0.1) is 0 Å². The Hall–Kier alpha value is -2.19. The van der Waals surface area contributed by atoms with E-state index in [1.165, 1.54) is 20.8 Å². The van der Waals surface area contributed by atoms with E-state index in [4.69, 9.17) is 14.2 Å². The molecule has 134 valence electrons. The van der Waals surface area contributed by atoms with Gasteiger partial charge in [0.05, 0.1) is 6.42 Å². The summed E-state index contributed by atoms with van der Waals surface area (Å²) in [6.07, 6.45) is -0.961. The quantitative estimate of drug-likeness (QED) is 0.467. The lowest BCUT2D eigenvalue weighted by Crippen LogP contribution is -2.30. The molecule has 0 bridgehead atoms. The van der Waals surface area contributed by atoms with E-state index in [0.29, 0.717) is 0 Å². The first kappa shape index (κ1) is 19.9. The third-order valence-corrected chi connectivity index (χ3v) is 3.21. The summed E-state index contributed by atoms with van der Waals surface area (Å²) in [7, 11) is 0. The van der Waals surface area contributed by atoms with E-state index < -0.39 is 48.4 Å². The van der Waals surface area contributed by atoms with Crippen molar-refractivity contribution in [2.75, 3.05) is 0 Å². The van der Waals surface area contributed by atoms with Crippen molar-refractivity contribution in [2.24, 2.45) is 0 Å². The topological polar surface area (TPSA) is 119 Å². The highest BCUT2D eigenvalue weighted by atomic mass is 16.6. The van der Waals surface area contributed by atoms with Gasteiger partial charge in [0.2, 0.25) is 0 Å². The van der Waals surface area contributed by atoms with Gasteiger partial charge in [-0.3, -0.25) is 4.79 Å². The van der Waals surface area contributed by atoms with E-state index in [9.17, 15) is 24.6 Å². The maximum absolute atomic E-state index is 11.7. The average molecular weight is 342 g/mol. The highest BCUT2D eigenvalue weighted by Crippen LogP contribution is 2.08. The van der Waals surface area contributed by atoms with Gasteiger partial charge in [-0.1, -0.05) is 0 Å². The summed E-state index contributed by atoms with van der Waals surface area (Å²) in [5, 5.41) is 19.6. The molecule has 1 aliphatic heterocycles. The Kier molecular flexibility index (Phi) is 7.60. The van der Waals surface area contributed by atoms with Crippen LogP contribution in [0.1, 0.15) is 27.2 Å². The van der Waals surface area contributed by atoms with Crippen LogP contribution in [-0.2, 0) is 28.6 Å². The summed E-state index contributed by atoms with van der Waals surface area (Å²) >= 11 is 0. The van der Waals surface area contributed by atoms with Crippen LogP contribution in [0.4, 0.5) is 0 Å². The molecule has 1 aliphatic rings. The van der Waals surface area contributed by atoms with Crippen molar-refractivity contribution in [3.8, 4) is 0 Å². The molecule has 0 unspecified atom stereocenters. The predicted octanol–water partition coefficient (Wildman–Crippen LogP) is 0.0194. The summed E-state index contributed by atoms with van der Waals surface area (Å²) in [6.45, 7) is 4.41. The van der Waals surface area contributed by atoms with Crippen LogP contribution < -0.4 is 0 Å². The molecule has 0 aromatic rings. The molecule has 1 heterocycles. The molecule has 0 spiro atoms. The molecule has 0 radical (unpaired) electrons. The fraction of sp³-hybridized carbons (Fsp3) is 0.562. The Labute approximate surface area is 139 Å². The van der Waals surface area contributed by atoms with Crippen LogP contribution in [0, 0.1) is 0 Å². The molecule has 0 saturated carbocycles. The normalized spacial score (nSPS) is 36.2. The number of rotatable bonds is 0. The largest absolute Gasteiger partial charge is 0.459 e. The van der Waals surface area contributed by atoms with Crippen molar-refractivity contribution < 1.29 is 38.8 Å². The number of esters is 3. The van der Waals surface area contributed by atoms with Crippen molar-refractivity contribution in [1.29, 1.82) is 0 Å². The molecule has 1 rings (SSSR count). The average Bonchev–Trinajstić information content (AvgIpc) is 2.48. The smallest absolute Gasteiger partial charge is 0.330 e. The van der Waals surface area contributed by atoms with E-state index >= 15 is 0 Å². The lowest BCUT2D eigenvalue weighted by Gasteiger charge is -2.19. The summed E-state index contributed by atoms with van der Waals surface area (Å²) in [5.74, 6) is -2.22. The van der Waals surface area contributed by atoms with Gasteiger partial charge in [0.1, 0.15) is 30.5 Å². The summed E-state index contributed by atoms with van der Waals surface area (Å²) in [5.41, 5.74) is 0. The van der Waals surface area contributed by atoms with Gasteiger partial charge < -0.3 is 24.4 Å². The molecular weight excluding hydrogens is 320 g/mol. The first-order valence-electron chi connectivity index (χ1n) is 7.52. The third kappa shape index (κ3) is 6.93. The van der Waals surface area contributed by atoms with E-state index in [2.05, 4.69) is 0 Å². The molecule has 0 aliphatic carbocycles. The molecule has 8 heteroatoms. The molecule has 0 amide bonds. The second kappa shape index (κ2) is 9.19. The van der Waals surface area contributed by atoms with Crippen LogP contribution >= 0.6 is 0 Å². The van der Waals surface area contributed by atoms with Crippen LogP contribution in [-0.4, -0.2) is 58.6 Å². The van der Waals surface area contributed by atoms with Crippen LogP contribution in [0.15, 0.2) is 24.3 Å². The lowest BCUT2D eigenvalue weighted by atomic mass is 10.2. The molecule has 0 fully saturated rings. The number of hydrogen-bond donors (Lipinski definition) is 2. The van der Waals surface area contributed by atoms with Crippen LogP contribution in [0.3, 0.4) is 0 Å².